The molecule has 1 aliphatic heterocycles. The predicted molar refractivity (Wildman–Crippen MR) is 91.7 cm³/mol. The van der Waals surface area contributed by atoms with E-state index in [-0.39, 0.29) is 10.6 Å². The van der Waals surface area contributed by atoms with Crippen molar-refractivity contribution in [1.82, 2.24) is 4.31 Å². The molecular weight excluding hydrogens is 336 g/mol. The van der Waals surface area contributed by atoms with E-state index in [9.17, 15) is 16.8 Å². The molecule has 0 saturated carbocycles. The third-order valence-electron chi connectivity index (χ3n) is 4.13. The van der Waals surface area contributed by atoms with Gasteiger partial charge in [0.15, 0.2) is 0 Å². The Bertz CT molecular complexity index is 769. The standard InChI is InChI=1S/C15H24N2O4S2/c1-4-16(5-2)23(20,21)15-12-14(9-8-13(15)3)17-10-6-7-11-22(17,18)19/h8-9,12H,4-7,10-11H2,1-3H3. The second-order valence-corrected chi connectivity index (χ2v) is 9.55. The highest BCUT2D eigenvalue weighted by Gasteiger charge is 2.29. The molecule has 130 valence electrons. The summed E-state index contributed by atoms with van der Waals surface area (Å²) in [5.74, 6) is 0.110. The van der Waals surface area contributed by atoms with Crippen LogP contribution in [0.3, 0.4) is 0 Å². The Morgan fingerprint density at radius 2 is 1.83 bits per heavy atom. The van der Waals surface area contributed by atoms with Crippen molar-refractivity contribution >= 4 is 25.7 Å². The van der Waals surface area contributed by atoms with E-state index in [1.165, 1.54) is 14.7 Å². The maximum absolute atomic E-state index is 12.8. The van der Waals surface area contributed by atoms with Crippen LogP contribution in [-0.2, 0) is 20.0 Å². The van der Waals surface area contributed by atoms with E-state index in [1.807, 2.05) is 0 Å². The number of aryl methyl sites for hydroxylation is 1. The van der Waals surface area contributed by atoms with Crippen molar-refractivity contribution in [2.45, 2.75) is 38.5 Å². The van der Waals surface area contributed by atoms with Crippen LogP contribution in [-0.4, -0.2) is 46.5 Å². The third-order valence-corrected chi connectivity index (χ3v) is 8.19. The molecule has 0 N–H and O–H groups in total. The zero-order valence-electron chi connectivity index (χ0n) is 13.8. The zero-order valence-corrected chi connectivity index (χ0v) is 15.5. The van der Waals surface area contributed by atoms with Crippen LogP contribution in [0.1, 0.15) is 32.3 Å². The van der Waals surface area contributed by atoms with Gasteiger partial charge in [-0.15, -0.1) is 0 Å². The molecule has 1 aromatic rings. The van der Waals surface area contributed by atoms with Crippen molar-refractivity contribution in [1.29, 1.82) is 0 Å². The van der Waals surface area contributed by atoms with E-state index in [2.05, 4.69) is 0 Å². The first-order valence-electron chi connectivity index (χ1n) is 7.85. The summed E-state index contributed by atoms with van der Waals surface area (Å²) in [6.45, 7) is 6.46. The first-order chi connectivity index (χ1) is 10.7. The largest absolute Gasteiger partial charge is 0.270 e. The fourth-order valence-corrected chi connectivity index (χ4v) is 6.14. The molecule has 0 aliphatic carbocycles. The van der Waals surface area contributed by atoms with Gasteiger partial charge in [-0.25, -0.2) is 16.8 Å². The van der Waals surface area contributed by atoms with Gasteiger partial charge in [-0.05, 0) is 37.5 Å². The highest BCUT2D eigenvalue weighted by atomic mass is 32.2. The van der Waals surface area contributed by atoms with E-state index in [1.54, 1.807) is 32.9 Å². The van der Waals surface area contributed by atoms with E-state index in [4.69, 9.17) is 0 Å². The second-order valence-electron chi connectivity index (χ2n) is 5.63. The van der Waals surface area contributed by atoms with Gasteiger partial charge in [0, 0.05) is 19.6 Å². The molecule has 0 atom stereocenters. The molecule has 1 saturated heterocycles. The van der Waals surface area contributed by atoms with Crippen molar-refractivity contribution in [3.63, 3.8) is 0 Å². The van der Waals surface area contributed by atoms with Crippen molar-refractivity contribution in [2.24, 2.45) is 0 Å². The maximum atomic E-state index is 12.8. The molecule has 1 aromatic carbocycles. The molecule has 0 aromatic heterocycles. The van der Waals surface area contributed by atoms with Crippen LogP contribution in [0.25, 0.3) is 0 Å². The van der Waals surface area contributed by atoms with E-state index < -0.39 is 20.0 Å². The Kier molecular flexibility index (Phi) is 5.37. The van der Waals surface area contributed by atoms with E-state index >= 15 is 0 Å². The minimum atomic E-state index is -3.62. The summed E-state index contributed by atoms with van der Waals surface area (Å²) in [6.07, 6.45) is 1.43. The monoisotopic (exact) mass is 360 g/mol. The van der Waals surface area contributed by atoms with Gasteiger partial charge in [-0.3, -0.25) is 4.31 Å². The lowest BCUT2D eigenvalue weighted by molar-refractivity contribution is 0.445. The van der Waals surface area contributed by atoms with Gasteiger partial charge in [0.1, 0.15) is 0 Å². The number of rotatable bonds is 5. The molecule has 6 nitrogen and oxygen atoms in total. The molecule has 0 bridgehead atoms. The molecule has 8 heteroatoms. The molecule has 23 heavy (non-hydrogen) atoms. The van der Waals surface area contributed by atoms with Crippen molar-refractivity contribution in [3.8, 4) is 0 Å². The van der Waals surface area contributed by atoms with Crippen LogP contribution < -0.4 is 4.31 Å². The predicted octanol–water partition coefficient (Wildman–Crippen LogP) is 1.96. The molecule has 0 unspecified atom stereocenters. The third kappa shape index (κ3) is 3.54. The fourth-order valence-electron chi connectivity index (χ4n) is 2.80. The number of nitrogens with zero attached hydrogens (tertiary/aromatic N) is 2. The quantitative estimate of drug-likeness (QED) is 0.804. The number of anilines is 1. The van der Waals surface area contributed by atoms with Crippen LogP contribution in [0.5, 0.6) is 0 Å². The summed E-state index contributed by atoms with van der Waals surface area (Å²) >= 11 is 0. The van der Waals surface area contributed by atoms with Crippen molar-refractivity contribution in [2.75, 3.05) is 29.7 Å². The highest BCUT2D eigenvalue weighted by molar-refractivity contribution is 7.92. The van der Waals surface area contributed by atoms with Crippen LogP contribution in [0, 0.1) is 6.92 Å². The summed E-state index contributed by atoms with van der Waals surface area (Å²) < 4.78 is 52.7. The molecule has 1 heterocycles. The highest BCUT2D eigenvalue weighted by Crippen LogP contribution is 2.29. The summed E-state index contributed by atoms with van der Waals surface area (Å²) in [5, 5.41) is 0. The SMILES string of the molecule is CCN(CC)S(=O)(=O)c1cc(N2CCCCS2(=O)=O)ccc1C. The first-order valence-corrected chi connectivity index (χ1v) is 10.9. The Morgan fingerprint density at radius 3 is 2.39 bits per heavy atom. The van der Waals surface area contributed by atoms with Crippen molar-refractivity contribution < 1.29 is 16.8 Å². The molecule has 0 radical (unpaired) electrons. The molecule has 1 aliphatic rings. The van der Waals surface area contributed by atoms with Crippen LogP contribution in [0.15, 0.2) is 23.1 Å². The van der Waals surface area contributed by atoms with Gasteiger partial charge in [-0.2, -0.15) is 4.31 Å². The molecular formula is C15H24N2O4S2. The minimum absolute atomic E-state index is 0.110. The lowest BCUT2D eigenvalue weighted by Crippen LogP contribution is -2.38. The number of hydrogen-bond donors (Lipinski definition) is 0. The number of hydrogen-bond acceptors (Lipinski definition) is 4. The van der Waals surface area contributed by atoms with E-state index in [0.29, 0.717) is 37.3 Å². The molecule has 0 spiro atoms. The van der Waals surface area contributed by atoms with Gasteiger partial charge in [0.2, 0.25) is 20.0 Å². The smallest absolute Gasteiger partial charge is 0.243 e. The molecule has 2 rings (SSSR count). The van der Waals surface area contributed by atoms with Crippen LogP contribution in [0.2, 0.25) is 0 Å². The number of sulfonamides is 2. The zero-order chi connectivity index (χ0) is 17.3. The van der Waals surface area contributed by atoms with Gasteiger partial charge in [0.25, 0.3) is 0 Å². The lowest BCUT2D eigenvalue weighted by atomic mass is 10.2. The van der Waals surface area contributed by atoms with E-state index in [0.717, 1.165) is 6.42 Å². The van der Waals surface area contributed by atoms with Gasteiger partial charge >= 0.3 is 0 Å². The number of benzene rings is 1. The Hall–Kier alpha value is -1.12. The lowest BCUT2D eigenvalue weighted by Gasteiger charge is -2.29. The Balaban J connectivity index is 2.52. The Morgan fingerprint density at radius 1 is 1.17 bits per heavy atom. The maximum Gasteiger partial charge on any atom is 0.243 e. The van der Waals surface area contributed by atoms with Gasteiger partial charge < -0.3 is 0 Å². The summed E-state index contributed by atoms with van der Waals surface area (Å²) in [5.41, 5.74) is 1.05. The van der Waals surface area contributed by atoms with Gasteiger partial charge in [-0.1, -0.05) is 19.9 Å². The average Bonchev–Trinajstić information content (AvgIpc) is 2.48. The normalized spacial score (nSPS) is 18.3. The average molecular weight is 361 g/mol. The summed E-state index contributed by atoms with van der Waals surface area (Å²) in [4.78, 5) is 0.180. The topological polar surface area (TPSA) is 74.8 Å². The minimum Gasteiger partial charge on any atom is -0.270 e. The second kappa shape index (κ2) is 6.78. The van der Waals surface area contributed by atoms with Crippen LogP contribution >= 0.6 is 0 Å². The molecule has 1 fully saturated rings. The summed E-state index contributed by atoms with van der Waals surface area (Å²) in [7, 11) is -6.98. The fraction of sp³-hybridized carbons (Fsp3) is 0.600. The van der Waals surface area contributed by atoms with Gasteiger partial charge in [0.05, 0.1) is 16.3 Å². The first kappa shape index (κ1) is 18.2. The van der Waals surface area contributed by atoms with Crippen LogP contribution in [0.4, 0.5) is 5.69 Å². The molecule has 0 amide bonds. The van der Waals surface area contributed by atoms with Crippen molar-refractivity contribution in [3.05, 3.63) is 23.8 Å². The Labute approximate surface area is 139 Å². The summed E-state index contributed by atoms with van der Waals surface area (Å²) in [6, 6.07) is 4.85.